The maximum atomic E-state index is 11.2. The summed E-state index contributed by atoms with van der Waals surface area (Å²) in [5.41, 5.74) is 6.28. The second-order valence-electron chi connectivity index (χ2n) is 2.93. The molecular formula is C10H12N2O3. The molecule has 0 fully saturated rings. The highest BCUT2D eigenvalue weighted by Crippen LogP contribution is 2.22. The summed E-state index contributed by atoms with van der Waals surface area (Å²) in [6, 6.07) is 4.48. The zero-order valence-corrected chi connectivity index (χ0v) is 8.53. The van der Waals surface area contributed by atoms with E-state index >= 15 is 0 Å². The van der Waals surface area contributed by atoms with Crippen LogP contribution in [-0.4, -0.2) is 18.9 Å². The maximum absolute atomic E-state index is 11.2. The molecule has 1 amide bonds. The van der Waals surface area contributed by atoms with Crippen molar-refractivity contribution in [3.63, 3.8) is 0 Å². The van der Waals surface area contributed by atoms with Crippen LogP contribution in [-0.2, 0) is 4.79 Å². The summed E-state index contributed by atoms with van der Waals surface area (Å²) in [4.78, 5) is 21.9. The number of hydrogen-bond acceptors (Lipinski definition) is 4. The highest BCUT2D eigenvalue weighted by molar-refractivity contribution is 5.95. The van der Waals surface area contributed by atoms with Crippen molar-refractivity contribution in [2.24, 2.45) is 0 Å². The largest absolute Gasteiger partial charge is 0.425 e. The third-order valence-electron chi connectivity index (χ3n) is 1.75. The fraction of sp³-hybridized carbons (Fsp3) is 0.200. The van der Waals surface area contributed by atoms with Gasteiger partial charge < -0.3 is 15.8 Å². The Morgan fingerprint density at radius 1 is 1.40 bits per heavy atom. The van der Waals surface area contributed by atoms with Crippen LogP contribution < -0.4 is 15.8 Å². The molecule has 5 heteroatoms. The zero-order valence-electron chi connectivity index (χ0n) is 8.53. The lowest BCUT2D eigenvalue weighted by Crippen LogP contribution is -2.18. The summed E-state index contributed by atoms with van der Waals surface area (Å²) in [5, 5.41) is 2.47. The van der Waals surface area contributed by atoms with Crippen molar-refractivity contribution in [1.29, 1.82) is 0 Å². The number of carbonyl (C=O) groups excluding carboxylic acids is 2. The van der Waals surface area contributed by atoms with E-state index in [0.717, 1.165) is 0 Å². The Morgan fingerprint density at radius 2 is 2.07 bits per heavy atom. The van der Waals surface area contributed by atoms with Crippen LogP contribution in [0.1, 0.15) is 17.3 Å². The maximum Gasteiger partial charge on any atom is 0.308 e. The van der Waals surface area contributed by atoms with Crippen LogP contribution in [0.3, 0.4) is 0 Å². The summed E-state index contributed by atoms with van der Waals surface area (Å²) in [5.74, 6) is -0.430. The van der Waals surface area contributed by atoms with Crippen LogP contribution in [0.25, 0.3) is 0 Å². The minimum Gasteiger partial charge on any atom is -0.425 e. The van der Waals surface area contributed by atoms with Crippen molar-refractivity contribution in [2.75, 3.05) is 12.8 Å². The molecule has 0 saturated heterocycles. The molecule has 0 saturated carbocycles. The van der Waals surface area contributed by atoms with Crippen LogP contribution in [0, 0.1) is 0 Å². The van der Waals surface area contributed by atoms with Crippen LogP contribution in [0.5, 0.6) is 5.75 Å². The van der Waals surface area contributed by atoms with Crippen molar-refractivity contribution in [3.05, 3.63) is 23.8 Å². The second-order valence-corrected chi connectivity index (χ2v) is 2.93. The molecule has 0 aromatic heterocycles. The van der Waals surface area contributed by atoms with Gasteiger partial charge in [-0.2, -0.15) is 0 Å². The normalized spacial score (nSPS) is 9.47. The van der Waals surface area contributed by atoms with Gasteiger partial charge in [-0.05, 0) is 18.2 Å². The first-order valence-corrected chi connectivity index (χ1v) is 4.34. The quantitative estimate of drug-likeness (QED) is 0.422. The number of hydrogen-bond donors (Lipinski definition) is 2. The van der Waals surface area contributed by atoms with E-state index in [1.54, 1.807) is 0 Å². The van der Waals surface area contributed by atoms with Crippen molar-refractivity contribution >= 4 is 17.6 Å². The van der Waals surface area contributed by atoms with E-state index in [0.29, 0.717) is 5.56 Å². The fourth-order valence-electron chi connectivity index (χ4n) is 1.08. The summed E-state index contributed by atoms with van der Waals surface area (Å²) >= 11 is 0. The van der Waals surface area contributed by atoms with Crippen molar-refractivity contribution in [2.45, 2.75) is 6.92 Å². The van der Waals surface area contributed by atoms with Crippen LogP contribution in [0.4, 0.5) is 5.69 Å². The Labute approximate surface area is 87.2 Å². The Hall–Kier alpha value is -2.04. The van der Waals surface area contributed by atoms with E-state index in [1.165, 1.54) is 32.2 Å². The van der Waals surface area contributed by atoms with Gasteiger partial charge >= 0.3 is 5.97 Å². The Kier molecular flexibility index (Phi) is 3.28. The molecule has 0 atom stereocenters. The fourth-order valence-corrected chi connectivity index (χ4v) is 1.08. The van der Waals surface area contributed by atoms with E-state index in [4.69, 9.17) is 10.5 Å². The van der Waals surface area contributed by atoms with Crippen LogP contribution >= 0.6 is 0 Å². The third kappa shape index (κ3) is 2.70. The summed E-state index contributed by atoms with van der Waals surface area (Å²) in [6.45, 7) is 1.28. The average Bonchev–Trinajstić information content (AvgIpc) is 2.19. The van der Waals surface area contributed by atoms with E-state index in [-0.39, 0.29) is 17.3 Å². The number of nitrogens with one attached hydrogen (secondary N) is 1. The van der Waals surface area contributed by atoms with Crippen molar-refractivity contribution < 1.29 is 14.3 Å². The Morgan fingerprint density at radius 3 is 2.53 bits per heavy atom. The number of ether oxygens (including phenoxy) is 1. The molecule has 0 spiro atoms. The molecule has 80 valence electrons. The molecule has 1 aromatic rings. The lowest BCUT2D eigenvalue weighted by Gasteiger charge is -2.06. The zero-order chi connectivity index (χ0) is 11.4. The average molecular weight is 208 g/mol. The highest BCUT2D eigenvalue weighted by atomic mass is 16.5. The van der Waals surface area contributed by atoms with Gasteiger partial charge in [0.1, 0.15) is 0 Å². The van der Waals surface area contributed by atoms with Gasteiger partial charge in [-0.15, -0.1) is 0 Å². The first-order valence-electron chi connectivity index (χ1n) is 4.34. The molecule has 0 aliphatic rings. The molecule has 5 nitrogen and oxygen atoms in total. The molecule has 0 aliphatic carbocycles. The van der Waals surface area contributed by atoms with Gasteiger partial charge in [0, 0.05) is 19.5 Å². The summed E-state index contributed by atoms with van der Waals surface area (Å²) < 4.78 is 4.82. The van der Waals surface area contributed by atoms with Gasteiger partial charge in [0.05, 0.1) is 5.69 Å². The first kappa shape index (κ1) is 11.0. The number of nitrogens with two attached hydrogens (primary N) is 1. The van der Waals surface area contributed by atoms with Gasteiger partial charge in [0.25, 0.3) is 5.91 Å². The van der Waals surface area contributed by atoms with E-state index < -0.39 is 5.97 Å². The number of anilines is 1. The summed E-state index contributed by atoms with van der Waals surface area (Å²) in [6.07, 6.45) is 0. The number of amides is 1. The molecular weight excluding hydrogens is 196 g/mol. The first-order chi connectivity index (χ1) is 7.04. The minimum absolute atomic E-state index is 0.240. The second kappa shape index (κ2) is 4.45. The smallest absolute Gasteiger partial charge is 0.308 e. The van der Waals surface area contributed by atoms with Gasteiger partial charge in [0.15, 0.2) is 5.75 Å². The number of esters is 1. The van der Waals surface area contributed by atoms with E-state index in [9.17, 15) is 9.59 Å². The SMILES string of the molecule is CNC(=O)c1ccc(OC(C)=O)c(N)c1. The lowest BCUT2D eigenvalue weighted by atomic mass is 10.2. The Balaban J connectivity index is 2.97. The Bertz CT molecular complexity index is 402. The summed E-state index contributed by atoms with van der Waals surface area (Å²) in [7, 11) is 1.53. The number of benzene rings is 1. The van der Waals surface area contributed by atoms with Crippen LogP contribution in [0.15, 0.2) is 18.2 Å². The predicted molar refractivity (Wildman–Crippen MR) is 55.6 cm³/mol. The standard InChI is InChI=1S/C10H12N2O3/c1-6(13)15-9-4-3-7(5-8(9)11)10(14)12-2/h3-5H,11H2,1-2H3,(H,12,14). The molecule has 0 bridgehead atoms. The molecule has 0 unspecified atom stereocenters. The monoisotopic (exact) mass is 208 g/mol. The number of nitrogen functional groups attached to an aromatic ring is 1. The predicted octanol–water partition coefficient (Wildman–Crippen LogP) is 0.554. The van der Waals surface area contributed by atoms with Crippen molar-refractivity contribution in [1.82, 2.24) is 5.32 Å². The molecule has 0 heterocycles. The van der Waals surface area contributed by atoms with Gasteiger partial charge in [-0.25, -0.2) is 0 Å². The lowest BCUT2D eigenvalue weighted by molar-refractivity contribution is -0.131. The van der Waals surface area contributed by atoms with Gasteiger partial charge in [-0.3, -0.25) is 9.59 Å². The molecule has 1 aromatic carbocycles. The highest BCUT2D eigenvalue weighted by Gasteiger charge is 2.08. The van der Waals surface area contributed by atoms with Gasteiger partial charge in [-0.1, -0.05) is 0 Å². The molecule has 15 heavy (non-hydrogen) atoms. The number of carbonyl (C=O) groups is 2. The molecule has 0 aliphatic heterocycles. The van der Waals surface area contributed by atoms with E-state index in [1.807, 2.05) is 0 Å². The molecule has 1 rings (SSSR count). The van der Waals surface area contributed by atoms with Crippen molar-refractivity contribution in [3.8, 4) is 5.75 Å². The van der Waals surface area contributed by atoms with E-state index in [2.05, 4.69) is 5.32 Å². The van der Waals surface area contributed by atoms with Gasteiger partial charge in [0.2, 0.25) is 0 Å². The third-order valence-corrected chi connectivity index (χ3v) is 1.75. The number of rotatable bonds is 2. The topological polar surface area (TPSA) is 81.4 Å². The molecule has 3 N–H and O–H groups in total. The van der Waals surface area contributed by atoms with Crippen LogP contribution in [0.2, 0.25) is 0 Å². The minimum atomic E-state index is -0.450. The molecule has 0 radical (unpaired) electrons.